The highest BCUT2D eigenvalue weighted by molar-refractivity contribution is 5.94. The van der Waals surface area contributed by atoms with Gasteiger partial charge in [0.15, 0.2) is 11.5 Å². The topological polar surface area (TPSA) is 60.0 Å². The van der Waals surface area contributed by atoms with Gasteiger partial charge in [-0.25, -0.2) is 4.39 Å². The molecule has 2 heterocycles. The Morgan fingerprint density at radius 3 is 2.59 bits per heavy atom. The zero-order valence-corrected chi connectivity index (χ0v) is 14.8. The molecule has 2 aliphatic heterocycles. The largest absolute Gasteiger partial charge is 0.454 e. The molecule has 0 spiro atoms. The lowest BCUT2D eigenvalue weighted by Gasteiger charge is -2.35. The van der Waals surface area contributed by atoms with E-state index in [-0.39, 0.29) is 24.6 Å². The Bertz CT molecular complexity index is 806. The predicted octanol–water partition coefficient (Wildman–Crippen LogP) is 2.36. The first-order chi connectivity index (χ1) is 13.2. The van der Waals surface area contributed by atoms with E-state index in [1.165, 1.54) is 24.3 Å². The Morgan fingerprint density at radius 2 is 1.81 bits per heavy atom. The summed E-state index contributed by atoms with van der Waals surface area (Å²) in [5.41, 5.74) is 1.48. The number of nitrogens with one attached hydrogen (secondary N) is 1. The van der Waals surface area contributed by atoms with Gasteiger partial charge in [-0.2, -0.15) is 0 Å². The van der Waals surface area contributed by atoms with E-state index in [4.69, 9.17) is 14.2 Å². The van der Waals surface area contributed by atoms with Crippen LogP contribution in [0, 0.1) is 5.82 Å². The highest BCUT2D eigenvalue weighted by atomic mass is 19.1. The summed E-state index contributed by atoms with van der Waals surface area (Å²) >= 11 is 0. The molecule has 0 aromatic heterocycles. The molecule has 7 heteroatoms. The van der Waals surface area contributed by atoms with Gasteiger partial charge in [-0.15, -0.1) is 0 Å². The number of rotatable bonds is 5. The van der Waals surface area contributed by atoms with Crippen molar-refractivity contribution in [2.75, 3.05) is 39.6 Å². The normalized spacial score (nSPS) is 17.5. The Morgan fingerprint density at radius 1 is 1.07 bits per heavy atom. The Hall–Kier alpha value is -2.64. The number of benzene rings is 2. The quantitative estimate of drug-likeness (QED) is 0.873. The van der Waals surface area contributed by atoms with Gasteiger partial charge in [-0.1, -0.05) is 6.07 Å². The molecule has 1 saturated heterocycles. The fourth-order valence-electron chi connectivity index (χ4n) is 3.36. The van der Waals surface area contributed by atoms with Gasteiger partial charge in [-0.3, -0.25) is 9.69 Å². The number of morpholine rings is 1. The van der Waals surface area contributed by atoms with Gasteiger partial charge in [0.1, 0.15) is 5.82 Å². The zero-order chi connectivity index (χ0) is 18.6. The number of carbonyl (C=O) groups excluding carboxylic acids is 1. The van der Waals surface area contributed by atoms with E-state index in [1.54, 1.807) is 0 Å². The van der Waals surface area contributed by atoms with Crippen LogP contribution in [0.5, 0.6) is 11.5 Å². The number of nitrogens with zero attached hydrogens (tertiary/aromatic N) is 1. The number of fused-ring (bicyclic) bond motifs is 1. The standard InChI is InChI=1S/C20H21FN2O4/c21-16-4-1-14(2-5-16)20(24)22-12-17(23-7-9-25-10-8-23)15-3-6-18-19(11-15)27-13-26-18/h1-6,11,17H,7-10,12-13H2,(H,22,24)/t17-/m0/s1. The third kappa shape index (κ3) is 4.04. The molecular weight excluding hydrogens is 351 g/mol. The molecule has 27 heavy (non-hydrogen) atoms. The predicted molar refractivity (Wildman–Crippen MR) is 96.4 cm³/mol. The van der Waals surface area contributed by atoms with Crippen molar-refractivity contribution >= 4 is 5.91 Å². The Labute approximate surface area is 156 Å². The van der Waals surface area contributed by atoms with Crippen molar-refractivity contribution in [2.45, 2.75) is 6.04 Å². The fourth-order valence-corrected chi connectivity index (χ4v) is 3.36. The van der Waals surface area contributed by atoms with Gasteiger partial charge in [0.25, 0.3) is 5.91 Å². The fraction of sp³-hybridized carbons (Fsp3) is 0.350. The molecule has 1 fully saturated rings. The van der Waals surface area contributed by atoms with E-state index in [0.717, 1.165) is 30.2 Å². The molecule has 0 radical (unpaired) electrons. The maximum Gasteiger partial charge on any atom is 0.251 e. The van der Waals surface area contributed by atoms with Gasteiger partial charge < -0.3 is 19.5 Å². The van der Waals surface area contributed by atoms with Gasteiger partial charge in [0.2, 0.25) is 6.79 Å². The van der Waals surface area contributed by atoms with Crippen molar-refractivity contribution < 1.29 is 23.4 Å². The average Bonchev–Trinajstić information content (AvgIpc) is 3.17. The number of halogens is 1. The SMILES string of the molecule is O=C(NC[C@@H](c1ccc2c(c1)OCO2)N1CCOCC1)c1ccc(F)cc1. The molecule has 0 bridgehead atoms. The minimum Gasteiger partial charge on any atom is -0.454 e. The first kappa shape index (κ1) is 17.8. The van der Waals surface area contributed by atoms with E-state index >= 15 is 0 Å². The summed E-state index contributed by atoms with van der Waals surface area (Å²) in [6.45, 7) is 3.54. The molecule has 6 nitrogen and oxygen atoms in total. The summed E-state index contributed by atoms with van der Waals surface area (Å²) in [5, 5.41) is 2.97. The molecule has 0 saturated carbocycles. The molecule has 142 valence electrons. The second-order valence-corrected chi connectivity index (χ2v) is 6.49. The number of hydrogen-bond donors (Lipinski definition) is 1. The van der Waals surface area contributed by atoms with Crippen LogP contribution in [0.4, 0.5) is 4.39 Å². The van der Waals surface area contributed by atoms with Crippen molar-refractivity contribution in [2.24, 2.45) is 0 Å². The van der Waals surface area contributed by atoms with Gasteiger partial charge in [-0.05, 0) is 42.0 Å². The lowest BCUT2D eigenvalue weighted by atomic mass is 10.0. The van der Waals surface area contributed by atoms with Gasteiger partial charge in [0, 0.05) is 25.2 Å². The minimum absolute atomic E-state index is 0.0206. The van der Waals surface area contributed by atoms with Crippen LogP contribution in [0.25, 0.3) is 0 Å². The third-order valence-electron chi connectivity index (χ3n) is 4.83. The van der Waals surface area contributed by atoms with Crippen molar-refractivity contribution in [3.63, 3.8) is 0 Å². The molecule has 1 N–H and O–H groups in total. The maximum atomic E-state index is 13.1. The second kappa shape index (κ2) is 7.94. The van der Waals surface area contributed by atoms with Crippen LogP contribution in [-0.2, 0) is 4.74 Å². The van der Waals surface area contributed by atoms with E-state index in [9.17, 15) is 9.18 Å². The van der Waals surface area contributed by atoms with E-state index in [2.05, 4.69) is 10.2 Å². The maximum absolute atomic E-state index is 13.1. The second-order valence-electron chi connectivity index (χ2n) is 6.49. The smallest absolute Gasteiger partial charge is 0.251 e. The monoisotopic (exact) mass is 372 g/mol. The average molecular weight is 372 g/mol. The number of carbonyl (C=O) groups is 1. The molecule has 2 aromatic carbocycles. The lowest BCUT2D eigenvalue weighted by molar-refractivity contribution is 0.0162. The number of hydrogen-bond acceptors (Lipinski definition) is 5. The molecule has 1 amide bonds. The van der Waals surface area contributed by atoms with Crippen LogP contribution >= 0.6 is 0 Å². The molecular formula is C20H21FN2O4. The van der Waals surface area contributed by atoms with Crippen LogP contribution in [0.1, 0.15) is 22.0 Å². The van der Waals surface area contributed by atoms with Gasteiger partial charge >= 0.3 is 0 Å². The molecule has 2 aromatic rings. The van der Waals surface area contributed by atoms with Crippen molar-refractivity contribution in [3.8, 4) is 11.5 Å². The molecule has 0 aliphatic carbocycles. The molecule has 4 rings (SSSR count). The van der Waals surface area contributed by atoms with Crippen LogP contribution < -0.4 is 14.8 Å². The highest BCUT2D eigenvalue weighted by Gasteiger charge is 2.25. The molecule has 0 unspecified atom stereocenters. The number of ether oxygens (including phenoxy) is 3. The first-order valence-corrected chi connectivity index (χ1v) is 8.96. The summed E-state index contributed by atoms with van der Waals surface area (Å²) in [6.07, 6.45) is 0. The summed E-state index contributed by atoms with van der Waals surface area (Å²) < 4.78 is 29.4. The highest BCUT2D eigenvalue weighted by Crippen LogP contribution is 2.35. The molecule has 2 aliphatic rings. The number of amides is 1. The summed E-state index contributed by atoms with van der Waals surface area (Å²) in [7, 11) is 0. The molecule has 1 atom stereocenters. The van der Waals surface area contributed by atoms with Crippen LogP contribution in [0.2, 0.25) is 0 Å². The van der Waals surface area contributed by atoms with Crippen LogP contribution in [0.15, 0.2) is 42.5 Å². The van der Waals surface area contributed by atoms with Crippen molar-refractivity contribution in [1.29, 1.82) is 0 Å². The van der Waals surface area contributed by atoms with E-state index in [1.807, 2.05) is 18.2 Å². The summed E-state index contributed by atoms with van der Waals surface area (Å²) in [4.78, 5) is 14.7. The lowest BCUT2D eigenvalue weighted by Crippen LogP contribution is -2.43. The zero-order valence-electron chi connectivity index (χ0n) is 14.8. The minimum atomic E-state index is -0.363. The van der Waals surface area contributed by atoms with Crippen LogP contribution in [0.3, 0.4) is 0 Å². The van der Waals surface area contributed by atoms with Crippen LogP contribution in [-0.4, -0.2) is 50.4 Å². The summed E-state index contributed by atoms with van der Waals surface area (Å²) in [5.74, 6) is 0.859. The van der Waals surface area contributed by atoms with E-state index < -0.39 is 0 Å². The van der Waals surface area contributed by atoms with Crippen molar-refractivity contribution in [1.82, 2.24) is 10.2 Å². The van der Waals surface area contributed by atoms with Gasteiger partial charge in [0.05, 0.1) is 19.3 Å². The van der Waals surface area contributed by atoms with Crippen molar-refractivity contribution in [3.05, 3.63) is 59.4 Å². The van der Waals surface area contributed by atoms with E-state index in [0.29, 0.717) is 25.3 Å². The Kier molecular flexibility index (Phi) is 5.22. The summed E-state index contributed by atoms with van der Waals surface area (Å²) in [6, 6.07) is 11.4. The first-order valence-electron chi connectivity index (χ1n) is 8.96. The Balaban J connectivity index is 1.51. The third-order valence-corrected chi connectivity index (χ3v) is 4.83.